The molecule has 4 aromatic carbocycles. The van der Waals surface area contributed by atoms with Crippen molar-refractivity contribution in [2.45, 2.75) is 0 Å². The van der Waals surface area contributed by atoms with Crippen LogP contribution >= 0.6 is 30.5 Å². The number of carbonyl (C=O) groups is 1. The summed E-state index contributed by atoms with van der Waals surface area (Å²) in [6.45, 7) is 0. The number of carbonyl (C=O) groups excluding carboxylic acids is 1. The quantitative estimate of drug-likeness (QED) is 0.339. The van der Waals surface area contributed by atoms with Gasteiger partial charge in [0.15, 0.2) is 11.8 Å². The predicted molar refractivity (Wildman–Crippen MR) is 138 cm³/mol. The maximum absolute atomic E-state index is 13.3. The summed E-state index contributed by atoms with van der Waals surface area (Å²) in [6.07, 6.45) is 0. The van der Waals surface area contributed by atoms with Crippen molar-refractivity contribution in [2.75, 3.05) is 0 Å². The first-order valence-corrected chi connectivity index (χ1v) is 12.7. The molecule has 0 unspecified atom stereocenters. The molecule has 0 bridgehead atoms. The van der Waals surface area contributed by atoms with Crippen LogP contribution in [0.25, 0.3) is 0 Å². The van der Waals surface area contributed by atoms with Gasteiger partial charge in [-0.1, -0.05) is 96.0 Å². The number of nitrogens with one attached hydrogen (secondary N) is 1. The third-order valence-corrected chi connectivity index (χ3v) is 10.1. The molecule has 5 heteroatoms. The van der Waals surface area contributed by atoms with Crippen LogP contribution in [0.1, 0.15) is 10.4 Å². The molecular formula is C27H21Cl2NOP+. The topological polar surface area (TPSA) is 29.1 Å². The lowest BCUT2D eigenvalue weighted by Crippen LogP contribution is -2.38. The Bertz CT molecular complexity index is 1110. The molecule has 0 heterocycles. The third kappa shape index (κ3) is 4.36. The van der Waals surface area contributed by atoms with E-state index in [1.165, 1.54) is 0 Å². The van der Waals surface area contributed by atoms with Crippen LogP contribution in [0.5, 0.6) is 0 Å². The lowest BCUT2D eigenvalue weighted by atomic mass is 10.2. The second-order valence-electron chi connectivity index (χ2n) is 7.11. The van der Waals surface area contributed by atoms with Gasteiger partial charge >= 0.3 is 0 Å². The number of hydrogen-bond acceptors (Lipinski definition) is 1. The van der Waals surface area contributed by atoms with Crippen molar-refractivity contribution in [3.8, 4) is 0 Å². The highest BCUT2D eigenvalue weighted by molar-refractivity contribution is 7.99. The van der Waals surface area contributed by atoms with Gasteiger partial charge in [0.05, 0.1) is 0 Å². The molecule has 0 aliphatic carbocycles. The smallest absolute Gasteiger partial charge is 0.258 e. The fraction of sp³-hybridized carbons (Fsp3) is 0. The zero-order valence-corrected chi connectivity index (χ0v) is 19.6. The van der Waals surface area contributed by atoms with Crippen molar-refractivity contribution >= 4 is 52.3 Å². The zero-order chi connectivity index (χ0) is 22.4. The molecule has 1 N–H and O–H groups in total. The van der Waals surface area contributed by atoms with E-state index in [4.69, 9.17) is 23.2 Å². The lowest BCUT2D eigenvalue weighted by Gasteiger charge is -2.29. The molecule has 0 radical (unpaired) electrons. The molecule has 1 amide bonds. The Morgan fingerprint density at radius 2 is 0.906 bits per heavy atom. The number of rotatable bonds is 6. The van der Waals surface area contributed by atoms with Crippen molar-refractivity contribution < 1.29 is 4.79 Å². The summed E-state index contributed by atoms with van der Waals surface area (Å²) in [5, 5.41) is 6.22. The standard InChI is InChI=1S/C27H20Cl2NOP/c28-25(29)27(30-26(31)21-13-5-1-6-14-21)32(22-15-7-2-8-16-22,23-17-9-3-10-18-23)24-19-11-4-12-20-24/h1-20H/p+1. The van der Waals surface area contributed by atoms with Crippen LogP contribution in [0.4, 0.5) is 0 Å². The monoisotopic (exact) mass is 476 g/mol. The number of amides is 1. The first kappa shape index (κ1) is 22.3. The van der Waals surface area contributed by atoms with Crippen LogP contribution in [0.15, 0.2) is 131 Å². The normalized spacial score (nSPS) is 10.9. The van der Waals surface area contributed by atoms with Gasteiger partial charge in [-0.05, 0) is 48.5 Å². The first-order valence-electron chi connectivity index (χ1n) is 10.1. The molecule has 0 fully saturated rings. The van der Waals surface area contributed by atoms with E-state index in [9.17, 15) is 4.79 Å². The minimum atomic E-state index is -2.61. The molecule has 158 valence electrons. The summed E-state index contributed by atoms with van der Waals surface area (Å²) in [5.41, 5.74) is 1.05. The summed E-state index contributed by atoms with van der Waals surface area (Å²) >= 11 is 13.1. The molecule has 2 nitrogen and oxygen atoms in total. The minimum absolute atomic E-state index is 0.0409. The number of hydrogen-bond donors (Lipinski definition) is 1. The average molecular weight is 477 g/mol. The van der Waals surface area contributed by atoms with E-state index >= 15 is 0 Å². The highest BCUT2D eigenvalue weighted by Crippen LogP contribution is 2.63. The highest BCUT2D eigenvalue weighted by atomic mass is 35.5. The lowest BCUT2D eigenvalue weighted by molar-refractivity contribution is 0.0968. The Labute approximate surface area is 198 Å². The molecule has 0 atom stereocenters. The molecular weight excluding hydrogens is 456 g/mol. The summed E-state index contributed by atoms with van der Waals surface area (Å²) < 4.78 is 0.0409. The molecule has 4 rings (SSSR count). The highest BCUT2D eigenvalue weighted by Gasteiger charge is 2.52. The van der Waals surface area contributed by atoms with Crippen molar-refractivity contribution in [1.82, 2.24) is 5.32 Å². The van der Waals surface area contributed by atoms with Crippen molar-refractivity contribution in [3.05, 3.63) is 137 Å². The van der Waals surface area contributed by atoms with Crippen molar-refractivity contribution in [1.29, 1.82) is 0 Å². The van der Waals surface area contributed by atoms with E-state index in [2.05, 4.69) is 41.7 Å². The fourth-order valence-electron chi connectivity index (χ4n) is 3.82. The molecule has 32 heavy (non-hydrogen) atoms. The maximum Gasteiger partial charge on any atom is 0.258 e. The average Bonchev–Trinajstić information content (AvgIpc) is 2.86. The van der Waals surface area contributed by atoms with E-state index in [0.29, 0.717) is 11.0 Å². The molecule has 0 aliphatic heterocycles. The van der Waals surface area contributed by atoms with E-state index in [-0.39, 0.29) is 10.4 Å². The fourth-order valence-corrected chi connectivity index (χ4v) is 8.72. The van der Waals surface area contributed by atoms with Gasteiger partial charge in [-0.15, -0.1) is 0 Å². The van der Waals surface area contributed by atoms with Gasteiger partial charge in [0.25, 0.3) is 5.91 Å². The van der Waals surface area contributed by atoms with E-state index in [1.807, 2.05) is 72.8 Å². The summed E-state index contributed by atoms with van der Waals surface area (Å²) in [4.78, 5) is 13.3. The van der Waals surface area contributed by atoms with Gasteiger partial charge in [-0.25, -0.2) is 0 Å². The Morgan fingerprint density at radius 1 is 0.562 bits per heavy atom. The molecule has 0 saturated carbocycles. The van der Waals surface area contributed by atoms with E-state index in [1.54, 1.807) is 12.1 Å². The largest absolute Gasteiger partial charge is 0.290 e. The second-order valence-corrected chi connectivity index (χ2v) is 11.4. The van der Waals surface area contributed by atoms with Crippen LogP contribution in [0.2, 0.25) is 0 Å². The van der Waals surface area contributed by atoms with Crippen LogP contribution in [0, 0.1) is 0 Å². The zero-order valence-electron chi connectivity index (χ0n) is 17.2. The number of benzene rings is 4. The van der Waals surface area contributed by atoms with Crippen LogP contribution in [-0.4, -0.2) is 5.91 Å². The SMILES string of the molecule is O=C(NC(=C(Cl)Cl)[P+](c1ccccc1)(c1ccccc1)c1ccccc1)c1ccccc1. The van der Waals surface area contributed by atoms with Gasteiger partial charge in [-0.2, -0.15) is 0 Å². The van der Waals surface area contributed by atoms with Gasteiger partial charge < -0.3 is 0 Å². The minimum Gasteiger partial charge on any atom is -0.290 e. The van der Waals surface area contributed by atoms with Crippen LogP contribution in [0.3, 0.4) is 0 Å². The maximum atomic E-state index is 13.3. The Morgan fingerprint density at radius 3 is 1.25 bits per heavy atom. The van der Waals surface area contributed by atoms with E-state index < -0.39 is 7.26 Å². The van der Waals surface area contributed by atoms with Crippen LogP contribution < -0.4 is 21.2 Å². The van der Waals surface area contributed by atoms with Gasteiger partial charge in [0.2, 0.25) is 5.44 Å². The van der Waals surface area contributed by atoms with Gasteiger partial charge in [0, 0.05) is 5.56 Å². The van der Waals surface area contributed by atoms with Gasteiger partial charge in [0.1, 0.15) is 15.9 Å². The summed E-state index contributed by atoms with van der Waals surface area (Å²) in [6, 6.07) is 39.4. The Hall–Kier alpha value is -2.90. The predicted octanol–water partition coefficient (Wildman–Crippen LogP) is 6.01. The van der Waals surface area contributed by atoms with Crippen molar-refractivity contribution in [3.63, 3.8) is 0 Å². The Balaban J connectivity index is 2.01. The van der Waals surface area contributed by atoms with Crippen molar-refractivity contribution in [2.24, 2.45) is 0 Å². The molecule has 0 saturated heterocycles. The third-order valence-electron chi connectivity index (χ3n) is 5.21. The summed E-state index contributed by atoms with van der Waals surface area (Å²) in [7, 11) is -2.61. The molecule has 0 aromatic heterocycles. The molecule has 0 spiro atoms. The second kappa shape index (κ2) is 10.1. The molecule has 4 aromatic rings. The van der Waals surface area contributed by atoms with Gasteiger partial charge in [-0.3, -0.25) is 10.1 Å². The Kier molecular flexibility index (Phi) is 7.07. The van der Waals surface area contributed by atoms with Crippen LogP contribution in [-0.2, 0) is 0 Å². The first-order chi connectivity index (χ1) is 15.6. The van der Waals surface area contributed by atoms with E-state index in [0.717, 1.165) is 15.9 Å². The molecule has 0 aliphatic rings. The summed E-state index contributed by atoms with van der Waals surface area (Å²) in [5.74, 6) is -0.258. The number of halogens is 2.